The molecule has 0 radical (unpaired) electrons. The molecule has 0 aromatic rings. The standard InChI is InChI=1S/12C7H16.4H2O/c12*1-3-5-7-6-4-2;;;;/h12*3-7H2,1-2H3;4*1H2. The van der Waals surface area contributed by atoms with Gasteiger partial charge >= 0.3 is 0 Å². The van der Waals surface area contributed by atoms with Crippen molar-refractivity contribution in [1.29, 1.82) is 0 Å². The molecule has 0 bridgehead atoms. The Hall–Kier alpha value is -0.160. The zero-order chi connectivity index (χ0) is 66.4. The van der Waals surface area contributed by atoms with E-state index in [2.05, 4.69) is 166 Å². The molecule has 0 aliphatic heterocycles. The first-order valence-electron chi connectivity index (χ1n) is 41.0. The number of hydrogen-bond acceptors (Lipinski definition) is 0. The Morgan fingerprint density at radius 2 is 0.102 bits per heavy atom. The van der Waals surface area contributed by atoms with Crippen LogP contribution < -0.4 is 0 Å². The number of hydrogen-bond donors (Lipinski definition) is 0. The van der Waals surface area contributed by atoms with E-state index in [4.69, 9.17) is 0 Å². The Bertz CT molecular complexity index is 469. The molecule has 4 nitrogen and oxygen atoms in total. The van der Waals surface area contributed by atoms with Gasteiger partial charge in [-0.25, -0.2) is 0 Å². The summed E-state index contributed by atoms with van der Waals surface area (Å²) < 4.78 is 0. The van der Waals surface area contributed by atoms with Crippen LogP contribution in [0.5, 0.6) is 0 Å². The van der Waals surface area contributed by atoms with Crippen LogP contribution in [-0.4, -0.2) is 21.9 Å². The maximum absolute atomic E-state index is 2.25. The highest BCUT2D eigenvalue weighted by atomic mass is 16.0. The summed E-state index contributed by atoms with van der Waals surface area (Å²) in [4.78, 5) is 0. The Kier molecular flexibility index (Phi) is 261. The largest absolute Gasteiger partial charge is 0.412 e. The van der Waals surface area contributed by atoms with Crippen molar-refractivity contribution in [2.24, 2.45) is 0 Å². The molecule has 0 fully saturated rings. The molecule has 0 aromatic heterocycles. The summed E-state index contributed by atoms with van der Waals surface area (Å²) in [6, 6.07) is 0. The summed E-state index contributed by atoms with van der Waals surface area (Å²) in [5, 5.41) is 0. The lowest BCUT2D eigenvalue weighted by Crippen LogP contribution is -1.70. The summed E-state index contributed by atoms with van der Waals surface area (Å²) in [6.45, 7) is 53.9. The molecule has 0 unspecified atom stereocenters. The molecular formula is C84H200O4. The Morgan fingerprint density at radius 3 is 0.125 bits per heavy atom. The minimum absolute atomic E-state index is 0. The van der Waals surface area contributed by atoms with Crippen LogP contribution >= 0.6 is 0 Å². The van der Waals surface area contributed by atoms with E-state index in [0.717, 1.165) is 0 Å². The van der Waals surface area contributed by atoms with E-state index >= 15 is 0 Å². The fraction of sp³-hybridized carbons (Fsp3) is 1.00. The minimum atomic E-state index is 0. The molecule has 0 aliphatic rings. The van der Waals surface area contributed by atoms with E-state index in [1.807, 2.05) is 0 Å². The summed E-state index contributed by atoms with van der Waals surface area (Å²) >= 11 is 0. The van der Waals surface area contributed by atoms with E-state index < -0.39 is 0 Å². The van der Waals surface area contributed by atoms with E-state index in [-0.39, 0.29) is 21.9 Å². The van der Waals surface area contributed by atoms with Crippen LogP contribution in [0.1, 0.15) is 551 Å². The van der Waals surface area contributed by atoms with Crippen molar-refractivity contribution in [3.63, 3.8) is 0 Å². The lowest BCUT2D eigenvalue weighted by molar-refractivity contribution is 0.656. The first-order chi connectivity index (χ1) is 41.0. The van der Waals surface area contributed by atoms with E-state index in [9.17, 15) is 0 Å². The first-order valence-corrected chi connectivity index (χ1v) is 41.0. The molecule has 4 heteroatoms. The van der Waals surface area contributed by atoms with Gasteiger partial charge in [0.1, 0.15) is 0 Å². The Labute approximate surface area is 570 Å². The fourth-order valence-electron chi connectivity index (χ4n) is 8.12. The third kappa shape index (κ3) is 270. The molecular weight excluding hydrogens is 1070 g/mol. The maximum atomic E-state index is 2.25. The molecule has 0 atom stereocenters. The van der Waals surface area contributed by atoms with Crippen molar-refractivity contribution in [2.45, 2.75) is 551 Å². The highest BCUT2D eigenvalue weighted by molar-refractivity contribution is 4.42. The van der Waals surface area contributed by atoms with Crippen molar-refractivity contribution in [2.75, 3.05) is 0 Å². The van der Waals surface area contributed by atoms with Gasteiger partial charge in [0, 0.05) is 0 Å². The third-order valence-electron chi connectivity index (χ3n) is 14.5. The van der Waals surface area contributed by atoms with Crippen molar-refractivity contribution in [3.05, 3.63) is 0 Å². The summed E-state index contributed by atoms with van der Waals surface area (Å²) in [7, 11) is 0. The molecule has 0 saturated carbocycles. The molecule has 0 spiro atoms. The molecule has 560 valence electrons. The lowest BCUT2D eigenvalue weighted by Gasteiger charge is -1.90. The Morgan fingerprint density at radius 1 is 0.0682 bits per heavy atom. The van der Waals surface area contributed by atoms with Crippen LogP contribution in [-0.2, 0) is 0 Å². The van der Waals surface area contributed by atoms with Crippen LogP contribution in [0.25, 0.3) is 0 Å². The van der Waals surface area contributed by atoms with E-state index in [1.54, 1.807) is 0 Å². The molecule has 0 saturated heterocycles. The molecule has 88 heavy (non-hydrogen) atoms. The van der Waals surface area contributed by atoms with Gasteiger partial charge in [0.15, 0.2) is 0 Å². The quantitative estimate of drug-likeness (QED) is 0.0538. The van der Waals surface area contributed by atoms with E-state index in [0.29, 0.717) is 0 Å². The second-order valence-electron chi connectivity index (χ2n) is 24.7. The van der Waals surface area contributed by atoms with Crippen LogP contribution in [0.3, 0.4) is 0 Å². The highest BCUT2D eigenvalue weighted by Crippen LogP contribution is 2.07. The molecule has 0 heterocycles. The van der Waals surface area contributed by atoms with Gasteiger partial charge in [0.05, 0.1) is 0 Å². The van der Waals surface area contributed by atoms with Gasteiger partial charge in [-0.15, -0.1) is 0 Å². The molecule has 0 aromatic carbocycles. The first kappa shape index (κ1) is 128. The predicted molar refractivity (Wildman–Crippen MR) is 428 cm³/mol. The van der Waals surface area contributed by atoms with Crippen LogP contribution in [0.15, 0.2) is 0 Å². The van der Waals surface area contributed by atoms with Crippen LogP contribution in [0, 0.1) is 0 Å². The van der Waals surface area contributed by atoms with Gasteiger partial charge in [-0.3, -0.25) is 0 Å². The van der Waals surface area contributed by atoms with Gasteiger partial charge in [0.25, 0.3) is 0 Å². The zero-order valence-corrected chi connectivity index (χ0v) is 68.4. The van der Waals surface area contributed by atoms with Gasteiger partial charge < -0.3 is 21.9 Å². The molecule has 0 rings (SSSR count). The van der Waals surface area contributed by atoms with Gasteiger partial charge in [0.2, 0.25) is 0 Å². The van der Waals surface area contributed by atoms with Crippen LogP contribution in [0.4, 0.5) is 0 Å². The molecule has 8 N–H and O–H groups in total. The monoisotopic (exact) mass is 1270 g/mol. The fourth-order valence-corrected chi connectivity index (χ4v) is 8.12. The molecule has 0 amide bonds. The summed E-state index contributed by atoms with van der Waals surface area (Å²) in [5.41, 5.74) is 0. The second kappa shape index (κ2) is 179. The maximum Gasteiger partial charge on any atom is -0.0533 e. The van der Waals surface area contributed by atoms with Crippen LogP contribution in [0.2, 0.25) is 0 Å². The van der Waals surface area contributed by atoms with E-state index in [1.165, 1.54) is 385 Å². The zero-order valence-electron chi connectivity index (χ0n) is 68.4. The topological polar surface area (TPSA) is 126 Å². The second-order valence-corrected chi connectivity index (χ2v) is 24.7. The van der Waals surface area contributed by atoms with Gasteiger partial charge in [-0.2, -0.15) is 0 Å². The smallest absolute Gasteiger partial charge is 0.0533 e. The number of rotatable bonds is 48. The predicted octanol–water partition coefficient (Wildman–Crippen LogP) is 32.4. The SMILES string of the molecule is CCCCCCC.CCCCCCC.CCCCCCC.CCCCCCC.CCCCCCC.CCCCCCC.CCCCCCC.CCCCCCC.CCCCCCC.CCCCCCC.CCCCCCC.CCCCCCC.O.O.O.O. The normalized spacial score (nSPS) is 9.00. The van der Waals surface area contributed by atoms with Gasteiger partial charge in [-0.05, 0) is 0 Å². The minimum Gasteiger partial charge on any atom is -0.412 e. The summed E-state index contributed by atoms with van der Waals surface area (Å²) in [5.74, 6) is 0. The van der Waals surface area contributed by atoms with Gasteiger partial charge in [-0.1, -0.05) is 551 Å². The number of unbranched alkanes of at least 4 members (excludes halogenated alkanes) is 48. The van der Waals surface area contributed by atoms with Crippen molar-refractivity contribution in [3.8, 4) is 0 Å². The van der Waals surface area contributed by atoms with Crippen molar-refractivity contribution >= 4 is 0 Å². The lowest BCUT2D eigenvalue weighted by atomic mass is 10.2. The van der Waals surface area contributed by atoms with Crippen molar-refractivity contribution < 1.29 is 21.9 Å². The Balaban J connectivity index is -0.0000000457. The average molecular weight is 1270 g/mol. The average Bonchev–Trinajstić information content (AvgIpc) is 3.51. The third-order valence-corrected chi connectivity index (χ3v) is 14.5. The highest BCUT2D eigenvalue weighted by Gasteiger charge is 1.87. The summed E-state index contributed by atoms with van der Waals surface area (Å²) in [6.07, 6.45) is 84.1. The van der Waals surface area contributed by atoms with Crippen molar-refractivity contribution in [1.82, 2.24) is 0 Å². The molecule has 0 aliphatic carbocycles.